The first-order valence-electron chi connectivity index (χ1n) is 7.68. The van der Waals surface area contributed by atoms with Crippen LogP contribution in [0.1, 0.15) is 10.4 Å². The van der Waals surface area contributed by atoms with E-state index in [1.807, 2.05) is 24.3 Å². The molecule has 0 spiro atoms. The van der Waals surface area contributed by atoms with Gasteiger partial charge in [0.05, 0.1) is 10.6 Å². The van der Waals surface area contributed by atoms with Gasteiger partial charge >= 0.3 is 0 Å². The largest absolute Gasteiger partial charge is 0.360 e. The van der Waals surface area contributed by atoms with Gasteiger partial charge in [-0.2, -0.15) is 0 Å². The zero-order valence-electron chi connectivity index (χ0n) is 13.2. The number of thioether (sulfide) groups is 1. The van der Waals surface area contributed by atoms with Gasteiger partial charge in [0.2, 0.25) is 0 Å². The number of aromatic amines is 1. The lowest BCUT2D eigenvalue weighted by molar-refractivity contribution is -0.113. The Kier molecular flexibility index (Phi) is 4.40. The fourth-order valence-electron chi connectivity index (χ4n) is 2.76. The molecular weight excluding hydrogens is 388 g/mol. The SMILES string of the molecule is O=C(/C=C1\SC(=S)N(c2ccccc2)C1=O)c1c[nH]c2ccc(Cl)cc12. The third-order valence-electron chi connectivity index (χ3n) is 3.98. The first-order chi connectivity index (χ1) is 12.5. The second-order valence-corrected chi connectivity index (χ2v) is 7.72. The number of H-pyrrole nitrogens is 1. The number of rotatable bonds is 3. The fraction of sp³-hybridized carbons (Fsp3) is 0. The van der Waals surface area contributed by atoms with Crippen molar-refractivity contribution in [2.75, 3.05) is 4.90 Å². The quantitative estimate of drug-likeness (QED) is 0.385. The van der Waals surface area contributed by atoms with E-state index in [0.29, 0.717) is 25.5 Å². The van der Waals surface area contributed by atoms with Crippen molar-refractivity contribution in [3.63, 3.8) is 0 Å². The van der Waals surface area contributed by atoms with Crippen LogP contribution in [0.2, 0.25) is 5.02 Å². The molecule has 0 unspecified atom stereocenters. The van der Waals surface area contributed by atoms with Crippen LogP contribution in [-0.2, 0) is 4.79 Å². The maximum atomic E-state index is 12.7. The number of benzene rings is 2. The van der Waals surface area contributed by atoms with E-state index in [-0.39, 0.29) is 11.7 Å². The van der Waals surface area contributed by atoms with E-state index < -0.39 is 0 Å². The van der Waals surface area contributed by atoms with Crippen molar-refractivity contribution in [2.45, 2.75) is 0 Å². The van der Waals surface area contributed by atoms with E-state index in [2.05, 4.69) is 4.98 Å². The number of hydrogen-bond acceptors (Lipinski definition) is 4. The third-order valence-corrected chi connectivity index (χ3v) is 5.52. The molecule has 7 heteroatoms. The number of carbonyl (C=O) groups is 2. The van der Waals surface area contributed by atoms with Gasteiger partial charge in [0.15, 0.2) is 10.1 Å². The Hall–Kier alpha value is -2.41. The summed E-state index contributed by atoms with van der Waals surface area (Å²) in [6.45, 7) is 0. The molecule has 2 aromatic carbocycles. The molecule has 1 amide bonds. The Morgan fingerprint density at radius 2 is 1.96 bits per heavy atom. The van der Waals surface area contributed by atoms with E-state index in [1.165, 1.54) is 11.0 Å². The van der Waals surface area contributed by atoms with Crippen LogP contribution in [0.4, 0.5) is 5.69 Å². The van der Waals surface area contributed by atoms with Crippen LogP contribution in [0.3, 0.4) is 0 Å². The zero-order chi connectivity index (χ0) is 18.3. The summed E-state index contributed by atoms with van der Waals surface area (Å²) in [7, 11) is 0. The first kappa shape index (κ1) is 17.0. The van der Waals surface area contributed by atoms with Gasteiger partial charge in [0, 0.05) is 33.8 Å². The maximum Gasteiger partial charge on any atom is 0.270 e. The predicted octanol–water partition coefficient (Wildman–Crippen LogP) is 4.95. The predicted molar refractivity (Wildman–Crippen MR) is 110 cm³/mol. The lowest BCUT2D eigenvalue weighted by Crippen LogP contribution is -2.27. The molecule has 26 heavy (non-hydrogen) atoms. The molecule has 0 bridgehead atoms. The van der Waals surface area contributed by atoms with Crippen LogP contribution < -0.4 is 4.90 Å². The number of allylic oxidation sites excluding steroid dienone is 1. The Labute approximate surface area is 163 Å². The topological polar surface area (TPSA) is 53.2 Å². The molecule has 1 fully saturated rings. The van der Waals surface area contributed by atoms with E-state index in [0.717, 1.165) is 22.7 Å². The number of para-hydroxylation sites is 1. The molecule has 3 aromatic rings. The van der Waals surface area contributed by atoms with Crippen molar-refractivity contribution in [1.82, 2.24) is 4.98 Å². The number of ketones is 1. The minimum Gasteiger partial charge on any atom is -0.360 e. The fourth-order valence-corrected chi connectivity index (χ4v) is 4.20. The first-order valence-corrected chi connectivity index (χ1v) is 9.29. The molecule has 4 rings (SSSR count). The molecule has 0 radical (unpaired) electrons. The molecule has 1 aliphatic heterocycles. The summed E-state index contributed by atoms with van der Waals surface area (Å²) in [6.07, 6.45) is 2.96. The minimum atomic E-state index is -0.294. The zero-order valence-corrected chi connectivity index (χ0v) is 15.6. The number of nitrogens with one attached hydrogen (secondary N) is 1. The van der Waals surface area contributed by atoms with Gasteiger partial charge in [-0.05, 0) is 30.3 Å². The highest BCUT2D eigenvalue weighted by Crippen LogP contribution is 2.35. The summed E-state index contributed by atoms with van der Waals surface area (Å²) in [5.74, 6) is -0.565. The number of hydrogen-bond donors (Lipinski definition) is 1. The van der Waals surface area contributed by atoms with Gasteiger partial charge < -0.3 is 4.98 Å². The van der Waals surface area contributed by atoms with Gasteiger partial charge in [0.25, 0.3) is 5.91 Å². The van der Waals surface area contributed by atoms with Crippen LogP contribution in [0.15, 0.2) is 65.7 Å². The lowest BCUT2D eigenvalue weighted by Gasteiger charge is -2.13. The molecule has 128 valence electrons. The van der Waals surface area contributed by atoms with Crippen molar-refractivity contribution < 1.29 is 9.59 Å². The van der Waals surface area contributed by atoms with Gasteiger partial charge in [-0.1, -0.05) is 53.8 Å². The van der Waals surface area contributed by atoms with Crippen LogP contribution in [-0.4, -0.2) is 21.0 Å². The highest BCUT2D eigenvalue weighted by molar-refractivity contribution is 8.27. The van der Waals surface area contributed by atoms with E-state index in [9.17, 15) is 9.59 Å². The molecule has 1 saturated heterocycles. The van der Waals surface area contributed by atoms with Crippen molar-refractivity contribution in [2.24, 2.45) is 0 Å². The monoisotopic (exact) mass is 398 g/mol. The van der Waals surface area contributed by atoms with Gasteiger partial charge in [-0.15, -0.1) is 0 Å². The second kappa shape index (κ2) is 6.72. The normalized spacial score (nSPS) is 16.0. The third kappa shape index (κ3) is 2.96. The number of nitrogens with zero attached hydrogens (tertiary/aromatic N) is 1. The highest BCUT2D eigenvalue weighted by atomic mass is 35.5. The summed E-state index contributed by atoms with van der Waals surface area (Å²) < 4.78 is 0.405. The Balaban J connectivity index is 1.68. The van der Waals surface area contributed by atoms with E-state index in [1.54, 1.807) is 30.5 Å². The summed E-state index contributed by atoms with van der Waals surface area (Å²) in [5.41, 5.74) is 1.96. The summed E-state index contributed by atoms with van der Waals surface area (Å²) in [4.78, 5) is 30.2. The van der Waals surface area contributed by atoms with Crippen molar-refractivity contribution >= 4 is 68.2 Å². The highest BCUT2D eigenvalue weighted by Gasteiger charge is 2.33. The molecular formula is C19H11ClN2O2S2. The number of halogens is 1. The van der Waals surface area contributed by atoms with Crippen molar-refractivity contribution in [3.8, 4) is 0 Å². The number of anilines is 1. The standard InChI is InChI=1S/C19H11ClN2O2S2/c20-11-6-7-15-13(8-11)14(10-21-15)16(23)9-17-18(24)22(19(25)26-17)12-4-2-1-3-5-12/h1-10,21H/b17-9-. The number of thiocarbonyl (C=S) groups is 1. The number of amides is 1. The average Bonchev–Trinajstić information content (AvgIpc) is 3.16. The molecule has 4 nitrogen and oxygen atoms in total. The lowest BCUT2D eigenvalue weighted by atomic mass is 10.1. The summed E-state index contributed by atoms with van der Waals surface area (Å²) >= 11 is 12.5. The minimum absolute atomic E-state index is 0.271. The molecule has 0 aliphatic carbocycles. The van der Waals surface area contributed by atoms with Crippen LogP contribution >= 0.6 is 35.6 Å². The van der Waals surface area contributed by atoms with Gasteiger partial charge in [-0.25, -0.2) is 0 Å². The van der Waals surface area contributed by atoms with Crippen molar-refractivity contribution in [1.29, 1.82) is 0 Å². The Morgan fingerprint density at radius 3 is 2.73 bits per heavy atom. The van der Waals surface area contributed by atoms with Crippen molar-refractivity contribution in [3.05, 3.63) is 76.3 Å². The average molecular weight is 399 g/mol. The molecule has 1 aliphatic rings. The summed E-state index contributed by atoms with van der Waals surface area (Å²) in [6, 6.07) is 14.4. The Bertz CT molecular complexity index is 1090. The number of fused-ring (bicyclic) bond motifs is 1. The molecule has 1 aromatic heterocycles. The smallest absolute Gasteiger partial charge is 0.270 e. The van der Waals surface area contributed by atoms with Crippen LogP contribution in [0, 0.1) is 0 Å². The van der Waals surface area contributed by atoms with Crippen LogP contribution in [0.5, 0.6) is 0 Å². The second-order valence-electron chi connectivity index (χ2n) is 5.61. The van der Waals surface area contributed by atoms with Crippen LogP contribution in [0.25, 0.3) is 10.9 Å². The van der Waals surface area contributed by atoms with Gasteiger partial charge in [0.1, 0.15) is 0 Å². The molecule has 1 N–H and O–H groups in total. The number of aromatic nitrogens is 1. The Morgan fingerprint density at radius 1 is 1.19 bits per heavy atom. The summed E-state index contributed by atoms with van der Waals surface area (Å²) in [5, 5.41) is 1.26. The van der Waals surface area contributed by atoms with Gasteiger partial charge in [-0.3, -0.25) is 14.5 Å². The van der Waals surface area contributed by atoms with E-state index in [4.69, 9.17) is 23.8 Å². The molecule has 0 saturated carbocycles. The van der Waals surface area contributed by atoms with E-state index >= 15 is 0 Å². The molecule has 0 atom stereocenters. The molecule has 2 heterocycles. The maximum absolute atomic E-state index is 12.7. The number of carbonyl (C=O) groups excluding carboxylic acids is 2.